The summed E-state index contributed by atoms with van der Waals surface area (Å²) < 4.78 is 45.9. The number of hydrogen-bond acceptors (Lipinski definition) is 8. The van der Waals surface area contributed by atoms with Crippen LogP contribution in [0.2, 0.25) is 0 Å². The lowest BCUT2D eigenvalue weighted by atomic mass is 9.95. The number of aliphatic hydroxyl groups excluding tert-OH is 1. The molecule has 2 aromatic heterocycles. The molecular formula is C28H31N3O6S. The first-order valence-electron chi connectivity index (χ1n) is 12.0. The molecule has 0 bridgehead atoms. The summed E-state index contributed by atoms with van der Waals surface area (Å²) in [7, 11) is -2.46. The number of anilines is 1. The van der Waals surface area contributed by atoms with Crippen LogP contribution in [0.25, 0.3) is 11.1 Å². The molecule has 200 valence electrons. The number of hydrogen-bond donors (Lipinski definition) is 2. The number of aryl methyl sites for hydroxylation is 3. The molecule has 2 N–H and O–H groups in total. The summed E-state index contributed by atoms with van der Waals surface area (Å²) >= 11 is 0. The summed E-state index contributed by atoms with van der Waals surface area (Å²) in [6.45, 7) is 9.04. The Morgan fingerprint density at radius 2 is 1.76 bits per heavy atom. The fraction of sp³-hybridized carbons (Fsp3) is 0.286. The number of nitrogens with zero attached hydrogens (tertiary/aromatic N) is 2. The number of pyridine rings is 1. The number of sulfonamides is 1. The fourth-order valence-corrected chi connectivity index (χ4v) is 5.47. The molecular weight excluding hydrogens is 506 g/mol. The van der Waals surface area contributed by atoms with Crippen LogP contribution in [0.4, 0.5) is 5.88 Å². The van der Waals surface area contributed by atoms with Crippen LogP contribution in [-0.4, -0.2) is 30.8 Å². The third-order valence-corrected chi connectivity index (χ3v) is 7.64. The average molecular weight is 538 g/mol. The fourth-order valence-electron chi connectivity index (χ4n) is 4.20. The predicted molar refractivity (Wildman–Crippen MR) is 144 cm³/mol. The number of nitrogens with one attached hydrogen (secondary N) is 1. The van der Waals surface area contributed by atoms with Crippen molar-refractivity contribution in [3.63, 3.8) is 0 Å². The van der Waals surface area contributed by atoms with E-state index in [0.717, 1.165) is 17.0 Å². The minimum absolute atomic E-state index is 0.0480. The molecule has 10 heteroatoms. The standard InChI is InChI=1S/C28H31N3O6S/c1-16-13-25(27(35-6)19(4)29-16)36-15-21-11-12-22(24(14-21)20(5)32)23-9-7-8-10-26(23)38(33,34)31-28-17(2)18(3)30-37-28/h7-14,20,31-32H,15H2,1-6H3. The molecule has 4 rings (SSSR count). The number of benzene rings is 2. The van der Waals surface area contributed by atoms with Gasteiger partial charge < -0.3 is 19.1 Å². The molecule has 9 nitrogen and oxygen atoms in total. The third kappa shape index (κ3) is 5.51. The van der Waals surface area contributed by atoms with Crippen LogP contribution in [0.5, 0.6) is 11.5 Å². The first kappa shape index (κ1) is 27.2. The van der Waals surface area contributed by atoms with E-state index in [1.54, 1.807) is 52.1 Å². The van der Waals surface area contributed by atoms with Gasteiger partial charge in [0, 0.05) is 22.9 Å². The van der Waals surface area contributed by atoms with E-state index in [4.69, 9.17) is 14.0 Å². The number of rotatable bonds is 9. The van der Waals surface area contributed by atoms with Crippen LogP contribution in [0.15, 0.2) is 57.9 Å². The minimum Gasteiger partial charge on any atom is -0.491 e. The molecule has 0 saturated heterocycles. The topological polar surface area (TPSA) is 124 Å². The van der Waals surface area contributed by atoms with Crippen molar-refractivity contribution >= 4 is 15.9 Å². The van der Waals surface area contributed by atoms with Gasteiger partial charge in [0.25, 0.3) is 10.0 Å². The molecule has 0 aliphatic rings. The second-order valence-corrected chi connectivity index (χ2v) is 10.7. The third-order valence-electron chi connectivity index (χ3n) is 6.25. The van der Waals surface area contributed by atoms with Crippen molar-refractivity contribution in [1.82, 2.24) is 10.1 Å². The van der Waals surface area contributed by atoms with E-state index in [1.165, 1.54) is 6.07 Å². The molecule has 38 heavy (non-hydrogen) atoms. The minimum atomic E-state index is -4.03. The van der Waals surface area contributed by atoms with Crippen LogP contribution in [0, 0.1) is 27.7 Å². The van der Waals surface area contributed by atoms with Crippen molar-refractivity contribution in [1.29, 1.82) is 0 Å². The average Bonchev–Trinajstić information content (AvgIpc) is 3.18. The van der Waals surface area contributed by atoms with E-state index in [9.17, 15) is 13.5 Å². The van der Waals surface area contributed by atoms with Crippen molar-refractivity contribution in [2.45, 2.75) is 52.2 Å². The van der Waals surface area contributed by atoms with Gasteiger partial charge in [-0.3, -0.25) is 4.98 Å². The zero-order valence-corrected chi connectivity index (χ0v) is 23.0. The van der Waals surface area contributed by atoms with Crippen LogP contribution < -0.4 is 14.2 Å². The predicted octanol–water partition coefficient (Wildman–Crippen LogP) is 5.41. The van der Waals surface area contributed by atoms with E-state index in [1.807, 2.05) is 32.0 Å². The van der Waals surface area contributed by atoms with E-state index in [0.29, 0.717) is 39.4 Å². The van der Waals surface area contributed by atoms with Crippen molar-refractivity contribution in [3.8, 4) is 22.6 Å². The van der Waals surface area contributed by atoms with E-state index < -0.39 is 16.1 Å². The Labute approximate surface area is 222 Å². The first-order chi connectivity index (χ1) is 18.0. The monoisotopic (exact) mass is 537 g/mol. The van der Waals surface area contributed by atoms with E-state index >= 15 is 0 Å². The highest BCUT2D eigenvalue weighted by molar-refractivity contribution is 7.92. The highest BCUT2D eigenvalue weighted by Crippen LogP contribution is 2.36. The van der Waals surface area contributed by atoms with E-state index in [2.05, 4.69) is 14.9 Å². The number of aromatic nitrogens is 2. The lowest BCUT2D eigenvalue weighted by Crippen LogP contribution is -2.14. The van der Waals surface area contributed by atoms with Gasteiger partial charge in [0.1, 0.15) is 6.61 Å². The SMILES string of the molecule is COc1c(OCc2ccc(-c3ccccc3S(=O)(=O)Nc3onc(C)c3C)c(C(C)O)c2)cc(C)nc1C. The van der Waals surface area contributed by atoms with Gasteiger partial charge >= 0.3 is 0 Å². The number of methoxy groups -OCH3 is 1. The lowest BCUT2D eigenvalue weighted by molar-refractivity contribution is 0.199. The smallest absolute Gasteiger partial charge is 0.264 e. The van der Waals surface area contributed by atoms with Crippen LogP contribution in [0.3, 0.4) is 0 Å². The molecule has 2 aromatic carbocycles. The zero-order chi connectivity index (χ0) is 27.6. The van der Waals surface area contributed by atoms with Crippen molar-refractivity contribution < 1.29 is 27.5 Å². The summed E-state index contributed by atoms with van der Waals surface area (Å²) in [6, 6.07) is 13.9. The molecule has 0 spiro atoms. The Balaban J connectivity index is 1.69. The molecule has 0 fully saturated rings. The second-order valence-electron chi connectivity index (χ2n) is 9.09. The van der Waals surface area contributed by atoms with Gasteiger partial charge in [-0.2, -0.15) is 0 Å². The van der Waals surface area contributed by atoms with Gasteiger partial charge in [-0.1, -0.05) is 35.5 Å². The van der Waals surface area contributed by atoms with Gasteiger partial charge in [-0.25, -0.2) is 13.1 Å². The van der Waals surface area contributed by atoms with Crippen LogP contribution >= 0.6 is 0 Å². The second kappa shape index (κ2) is 10.8. The Bertz CT molecular complexity index is 1580. The van der Waals surface area contributed by atoms with Crippen molar-refractivity contribution in [2.75, 3.05) is 11.8 Å². The van der Waals surface area contributed by atoms with Gasteiger partial charge in [-0.15, -0.1) is 0 Å². The van der Waals surface area contributed by atoms with Crippen molar-refractivity contribution in [2.24, 2.45) is 0 Å². The number of ether oxygens (including phenoxy) is 2. The Hall–Kier alpha value is -3.89. The van der Waals surface area contributed by atoms with Gasteiger partial charge in [0.15, 0.2) is 11.5 Å². The molecule has 2 heterocycles. The van der Waals surface area contributed by atoms with Gasteiger partial charge in [-0.05, 0) is 63.4 Å². The summed E-state index contributed by atoms with van der Waals surface area (Å²) in [4.78, 5) is 4.45. The molecule has 0 radical (unpaired) electrons. The maximum atomic E-state index is 13.4. The van der Waals surface area contributed by atoms with Gasteiger partial charge in [0.05, 0.1) is 29.5 Å². The first-order valence-corrected chi connectivity index (χ1v) is 13.5. The van der Waals surface area contributed by atoms with Crippen LogP contribution in [-0.2, 0) is 16.6 Å². The molecule has 1 atom stereocenters. The van der Waals surface area contributed by atoms with Crippen molar-refractivity contribution in [3.05, 3.63) is 82.3 Å². The molecule has 0 aliphatic carbocycles. The summed E-state index contributed by atoms with van der Waals surface area (Å²) in [5, 5.41) is 14.5. The van der Waals surface area contributed by atoms with Gasteiger partial charge in [0.2, 0.25) is 5.88 Å². The molecule has 0 saturated carbocycles. The number of aliphatic hydroxyl groups is 1. The Morgan fingerprint density at radius 3 is 2.42 bits per heavy atom. The Morgan fingerprint density at radius 1 is 1.03 bits per heavy atom. The lowest BCUT2D eigenvalue weighted by Gasteiger charge is -2.18. The molecule has 0 aliphatic heterocycles. The maximum absolute atomic E-state index is 13.4. The zero-order valence-electron chi connectivity index (χ0n) is 22.2. The maximum Gasteiger partial charge on any atom is 0.264 e. The normalized spacial score (nSPS) is 12.3. The highest BCUT2D eigenvalue weighted by atomic mass is 32.2. The Kier molecular flexibility index (Phi) is 7.75. The molecule has 4 aromatic rings. The largest absolute Gasteiger partial charge is 0.491 e. The molecule has 0 amide bonds. The quantitative estimate of drug-likeness (QED) is 0.290. The van der Waals surface area contributed by atoms with E-state index in [-0.39, 0.29) is 17.4 Å². The summed E-state index contributed by atoms with van der Waals surface area (Å²) in [5.41, 5.74) is 5.13. The summed E-state index contributed by atoms with van der Waals surface area (Å²) in [5.74, 6) is 1.20. The highest BCUT2D eigenvalue weighted by Gasteiger charge is 2.24. The molecule has 1 unspecified atom stereocenters. The summed E-state index contributed by atoms with van der Waals surface area (Å²) in [6.07, 6.45) is -0.868. The van der Waals surface area contributed by atoms with Crippen LogP contribution in [0.1, 0.15) is 46.8 Å².